The Kier molecular flexibility index (Phi) is 7.32. The molecule has 1 aliphatic heterocycles. The predicted molar refractivity (Wildman–Crippen MR) is 135 cm³/mol. The maximum Gasteiger partial charge on any atom is 0.252 e. The molecule has 1 saturated heterocycles. The second kappa shape index (κ2) is 10.5. The summed E-state index contributed by atoms with van der Waals surface area (Å²) in [6, 6.07) is 9.38. The SMILES string of the molecule is O=C(NC1CC(F)(F)C1)[C@@H](c1ccccc1Cl)N(c1cccc(F)c1)N(O)[C@@H]1CCC(=O)N1c1nccs1. The molecule has 8 nitrogen and oxygen atoms in total. The summed E-state index contributed by atoms with van der Waals surface area (Å²) in [6.07, 6.45) is -0.256. The van der Waals surface area contributed by atoms with Gasteiger partial charge in [-0.2, -0.15) is 0 Å². The van der Waals surface area contributed by atoms with Crippen LogP contribution in [-0.4, -0.2) is 45.3 Å². The van der Waals surface area contributed by atoms with E-state index in [2.05, 4.69) is 10.3 Å². The molecule has 200 valence electrons. The van der Waals surface area contributed by atoms with E-state index in [0.29, 0.717) is 10.3 Å². The van der Waals surface area contributed by atoms with Gasteiger partial charge in [-0.05, 0) is 30.7 Å². The zero-order valence-corrected chi connectivity index (χ0v) is 21.4. The monoisotopic (exact) mass is 565 g/mol. The summed E-state index contributed by atoms with van der Waals surface area (Å²) < 4.78 is 41.5. The second-order valence-electron chi connectivity index (χ2n) is 9.14. The largest absolute Gasteiger partial charge is 0.351 e. The number of amides is 2. The Bertz CT molecular complexity index is 1320. The minimum Gasteiger partial charge on any atom is -0.351 e. The van der Waals surface area contributed by atoms with Crippen molar-refractivity contribution in [2.24, 2.45) is 0 Å². The lowest BCUT2D eigenvalue weighted by molar-refractivity contribution is -0.153. The van der Waals surface area contributed by atoms with Gasteiger partial charge in [0.25, 0.3) is 5.92 Å². The number of hydroxylamine groups is 1. The highest BCUT2D eigenvalue weighted by molar-refractivity contribution is 7.13. The van der Waals surface area contributed by atoms with Gasteiger partial charge in [0.2, 0.25) is 11.8 Å². The van der Waals surface area contributed by atoms with E-state index in [-0.39, 0.29) is 35.0 Å². The van der Waals surface area contributed by atoms with Crippen LogP contribution in [-0.2, 0) is 9.59 Å². The smallest absolute Gasteiger partial charge is 0.252 e. The van der Waals surface area contributed by atoms with Gasteiger partial charge in [-0.3, -0.25) is 24.7 Å². The summed E-state index contributed by atoms with van der Waals surface area (Å²) in [5.41, 5.74) is 0.316. The molecule has 0 unspecified atom stereocenters. The van der Waals surface area contributed by atoms with Crippen LogP contribution in [0.15, 0.2) is 60.1 Å². The maximum atomic E-state index is 14.4. The Morgan fingerprint density at radius 2 is 2.00 bits per heavy atom. The molecular weight excluding hydrogens is 543 g/mol. The zero-order valence-electron chi connectivity index (χ0n) is 19.8. The average molecular weight is 566 g/mol. The summed E-state index contributed by atoms with van der Waals surface area (Å²) in [5, 5.41) is 18.3. The summed E-state index contributed by atoms with van der Waals surface area (Å²) >= 11 is 7.67. The number of alkyl halides is 2. The topological polar surface area (TPSA) is 89.0 Å². The fourth-order valence-electron chi connectivity index (χ4n) is 4.73. The van der Waals surface area contributed by atoms with Crippen LogP contribution in [0.4, 0.5) is 24.0 Å². The molecular formula is C25H23ClF3N5O3S. The minimum atomic E-state index is -2.87. The van der Waals surface area contributed by atoms with Crippen LogP contribution in [0.5, 0.6) is 0 Å². The molecule has 3 aromatic rings. The summed E-state index contributed by atoms with van der Waals surface area (Å²) in [7, 11) is 0. The van der Waals surface area contributed by atoms with Crippen molar-refractivity contribution in [2.75, 3.05) is 9.91 Å². The van der Waals surface area contributed by atoms with Gasteiger partial charge in [0.05, 0.1) is 5.69 Å². The molecule has 0 spiro atoms. The number of halogens is 4. The number of nitrogens with zero attached hydrogens (tertiary/aromatic N) is 4. The minimum absolute atomic E-state index is 0.0740. The van der Waals surface area contributed by atoms with E-state index in [4.69, 9.17) is 11.6 Å². The molecule has 1 aliphatic carbocycles. The number of hydrogen-bond acceptors (Lipinski definition) is 7. The van der Waals surface area contributed by atoms with Crippen molar-refractivity contribution in [1.29, 1.82) is 0 Å². The third-order valence-electron chi connectivity index (χ3n) is 6.50. The maximum absolute atomic E-state index is 14.4. The molecule has 13 heteroatoms. The fourth-order valence-corrected chi connectivity index (χ4v) is 5.67. The highest BCUT2D eigenvalue weighted by atomic mass is 35.5. The third-order valence-corrected chi connectivity index (χ3v) is 7.61. The number of carbonyl (C=O) groups is 2. The van der Waals surface area contributed by atoms with E-state index in [0.717, 1.165) is 11.1 Å². The first kappa shape index (κ1) is 26.4. The highest BCUT2D eigenvalue weighted by Crippen LogP contribution is 2.40. The molecule has 2 atom stereocenters. The first-order chi connectivity index (χ1) is 18.1. The van der Waals surface area contributed by atoms with Gasteiger partial charge in [-0.25, -0.2) is 18.2 Å². The van der Waals surface area contributed by atoms with Crippen molar-refractivity contribution in [2.45, 2.75) is 49.9 Å². The predicted octanol–water partition coefficient (Wildman–Crippen LogP) is 5.16. The number of aromatic nitrogens is 1. The van der Waals surface area contributed by atoms with Crippen molar-refractivity contribution in [3.05, 3.63) is 76.5 Å². The van der Waals surface area contributed by atoms with E-state index in [1.54, 1.807) is 29.6 Å². The Balaban J connectivity index is 1.59. The van der Waals surface area contributed by atoms with Crippen molar-refractivity contribution in [3.63, 3.8) is 0 Å². The number of benzene rings is 2. The van der Waals surface area contributed by atoms with E-state index in [1.165, 1.54) is 40.6 Å². The number of hydrogen-bond donors (Lipinski definition) is 2. The molecule has 0 bridgehead atoms. The molecule has 1 aromatic heterocycles. The van der Waals surface area contributed by atoms with Crippen molar-refractivity contribution < 1.29 is 28.0 Å². The molecule has 1 saturated carbocycles. The molecule has 38 heavy (non-hydrogen) atoms. The van der Waals surface area contributed by atoms with E-state index < -0.39 is 48.7 Å². The number of rotatable bonds is 8. The van der Waals surface area contributed by atoms with Gasteiger partial charge >= 0.3 is 0 Å². The van der Waals surface area contributed by atoms with Crippen molar-refractivity contribution in [3.8, 4) is 0 Å². The molecule has 2 aromatic carbocycles. The van der Waals surface area contributed by atoms with E-state index in [9.17, 15) is 28.0 Å². The molecule has 2 heterocycles. The standard InChI is InChI=1S/C25H23ClF3N5O3S/c26-19-7-2-1-6-18(19)22(23(36)31-16-13-25(28,29)14-16)33(17-5-3-4-15(27)12-17)34(37)20-8-9-21(35)32(20)24-30-10-11-38-24/h1-7,10-12,16,20,22,37H,8-9,13-14H2,(H,31,36)/t20-,22-/m1/s1. The molecule has 2 N–H and O–H groups in total. The fraction of sp³-hybridized carbons (Fsp3) is 0.320. The second-order valence-corrected chi connectivity index (χ2v) is 10.4. The number of anilines is 2. The van der Waals surface area contributed by atoms with Crippen LogP contribution in [0.1, 0.15) is 37.3 Å². The summed E-state index contributed by atoms with van der Waals surface area (Å²) in [4.78, 5) is 32.0. The van der Waals surface area contributed by atoms with Gasteiger partial charge in [0, 0.05) is 47.5 Å². The van der Waals surface area contributed by atoms with Crippen LogP contribution in [0.25, 0.3) is 0 Å². The van der Waals surface area contributed by atoms with E-state index in [1.807, 2.05) is 0 Å². The molecule has 2 amide bonds. The first-order valence-corrected chi connectivity index (χ1v) is 13.1. The number of hydrazine groups is 1. The van der Waals surface area contributed by atoms with Crippen LogP contribution >= 0.6 is 22.9 Å². The zero-order chi connectivity index (χ0) is 27.0. The Hall–Kier alpha value is -3.19. The lowest BCUT2D eigenvalue weighted by Crippen LogP contribution is -2.59. The highest BCUT2D eigenvalue weighted by Gasteiger charge is 2.48. The normalized spacial score (nSPS) is 19.9. The Morgan fingerprint density at radius 3 is 2.66 bits per heavy atom. The number of carbonyl (C=O) groups excluding carboxylic acids is 2. The summed E-state index contributed by atoms with van der Waals surface area (Å²) in [5.74, 6) is -4.54. The van der Waals surface area contributed by atoms with Crippen molar-refractivity contribution >= 4 is 45.6 Å². The van der Waals surface area contributed by atoms with Crippen LogP contribution in [0.3, 0.4) is 0 Å². The van der Waals surface area contributed by atoms with Crippen LogP contribution in [0.2, 0.25) is 5.02 Å². The lowest BCUT2D eigenvalue weighted by atomic mass is 9.88. The quantitative estimate of drug-likeness (QED) is 0.367. The van der Waals surface area contributed by atoms with Gasteiger partial charge in [0.15, 0.2) is 11.2 Å². The van der Waals surface area contributed by atoms with Crippen LogP contribution in [0, 0.1) is 5.82 Å². The van der Waals surface area contributed by atoms with Gasteiger partial charge < -0.3 is 5.32 Å². The number of nitrogens with one attached hydrogen (secondary N) is 1. The van der Waals surface area contributed by atoms with Crippen molar-refractivity contribution in [1.82, 2.24) is 15.5 Å². The molecule has 2 fully saturated rings. The van der Waals surface area contributed by atoms with Gasteiger partial charge in [-0.1, -0.05) is 41.0 Å². The van der Waals surface area contributed by atoms with Gasteiger partial charge in [0.1, 0.15) is 12.0 Å². The van der Waals surface area contributed by atoms with Crippen LogP contribution < -0.4 is 15.2 Å². The Morgan fingerprint density at radius 1 is 1.24 bits per heavy atom. The molecule has 0 radical (unpaired) electrons. The number of thiazole rings is 1. The summed E-state index contributed by atoms with van der Waals surface area (Å²) in [6.45, 7) is 0. The molecule has 2 aliphatic rings. The third kappa shape index (κ3) is 5.21. The molecule has 5 rings (SSSR count). The lowest BCUT2D eigenvalue weighted by Gasteiger charge is -2.43. The first-order valence-electron chi connectivity index (χ1n) is 11.8. The Labute approximate surface area is 225 Å². The van der Waals surface area contributed by atoms with E-state index >= 15 is 0 Å². The average Bonchev–Trinajstić information content (AvgIpc) is 3.51. The van der Waals surface area contributed by atoms with Gasteiger partial charge in [-0.15, -0.1) is 11.3 Å².